The fourth-order valence-electron chi connectivity index (χ4n) is 2.75. The second kappa shape index (κ2) is 4.40. The van der Waals surface area contributed by atoms with Gasteiger partial charge in [0.25, 0.3) is 0 Å². The number of hydrogen-bond acceptors (Lipinski definition) is 5. The molecule has 102 valence electrons. The minimum atomic E-state index is -0.0784. The molecule has 19 heavy (non-hydrogen) atoms. The summed E-state index contributed by atoms with van der Waals surface area (Å²) in [5.74, 6) is 6.41. The van der Waals surface area contributed by atoms with Gasteiger partial charge in [0.1, 0.15) is 5.65 Å². The van der Waals surface area contributed by atoms with Crippen LogP contribution in [0.2, 0.25) is 0 Å². The maximum atomic E-state index is 6.41. The zero-order valence-electron chi connectivity index (χ0n) is 11.1. The lowest BCUT2D eigenvalue weighted by molar-refractivity contribution is 0.314. The van der Waals surface area contributed by atoms with E-state index < -0.39 is 0 Å². The highest BCUT2D eigenvalue weighted by atomic mass is 15.5. The van der Waals surface area contributed by atoms with Crippen LogP contribution in [0, 0.1) is 0 Å². The van der Waals surface area contributed by atoms with Gasteiger partial charge in [-0.25, -0.2) is 10.8 Å². The minimum Gasteiger partial charge on any atom is -0.396 e. The number of aromatic amines is 1. The van der Waals surface area contributed by atoms with Gasteiger partial charge in [-0.05, 0) is 38.9 Å². The van der Waals surface area contributed by atoms with Gasteiger partial charge in [-0.1, -0.05) is 0 Å². The summed E-state index contributed by atoms with van der Waals surface area (Å²) in [5.41, 5.74) is 8.33. The Balaban J connectivity index is 2.07. The number of piperidine rings is 1. The second-order valence-electron chi connectivity index (χ2n) is 5.42. The van der Waals surface area contributed by atoms with Gasteiger partial charge in [0, 0.05) is 11.6 Å². The molecule has 0 amide bonds. The number of nitrogens with two attached hydrogens (primary N) is 2. The Labute approximate surface area is 112 Å². The van der Waals surface area contributed by atoms with Crippen molar-refractivity contribution in [2.24, 2.45) is 5.84 Å². The lowest BCUT2D eigenvalue weighted by Gasteiger charge is -2.43. The molecule has 0 spiro atoms. The van der Waals surface area contributed by atoms with E-state index in [1.54, 1.807) is 6.20 Å². The van der Waals surface area contributed by atoms with Crippen molar-refractivity contribution >= 4 is 22.4 Å². The van der Waals surface area contributed by atoms with Crippen LogP contribution in [-0.4, -0.2) is 28.6 Å². The van der Waals surface area contributed by atoms with E-state index in [0.29, 0.717) is 5.69 Å². The highest BCUT2D eigenvalue weighted by Crippen LogP contribution is 2.36. The first kappa shape index (κ1) is 12.3. The van der Waals surface area contributed by atoms with Gasteiger partial charge in [0.2, 0.25) is 0 Å². The smallest absolute Gasteiger partial charge is 0.139 e. The third-order valence-corrected chi connectivity index (χ3v) is 4.09. The van der Waals surface area contributed by atoms with E-state index in [2.05, 4.69) is 22.2 Å². The van der Waals surface area contributed by atoms with Crippen molar-refractivity contribution in [1.82, 2.24) is 15.3 Å². The predicted octanol–water partition coefficient (Wildman–Crippen LogP) is 0.967. The molecule has 0 unspecified atom stereocenters. The van der Waals surface area contributed by atoms with Crippen LogP contribution in [0.25, 0.3) is 11.0 Å². The maximum Gasteiger partial charge on any atom is 0.139 e. The highest BCUT2D eigenvalue weighted by molar-refractivity contribution is 5.96. The number of H-pyrrole nitrogens is 1. The predicted molar refractivity (Wildman–Crippen MR) is 77.7 cm³/mol. The Morgan fingerprint density at radius 1 is 1.37 bits per heavy atom. The standard InChI is InChI=1S/C13H20N6/c1-13(3-6-16-7-4-13)19(15)11-9-2-5-17-12(9)18-8-10(11)14/h2,5,8,16H,3-4,6-7,14-15H2,1H3,(H,17,18). The lowest BCUT2D eigenvalue weighted by atomic mass is 9.89. The Morgan fingerprint density at radius 3 is 2.84 bits per heavy atom. The van der Waals surface area contributed by atoms with E-state index in [-0.39, 0.29) is 5.54 Å². The summed E-state index contributed by atoms with van der Waals surface area (Å²) in [4.78, 5) is 7.37. The van der Waals surface area contributed by atoms with Crippen molar-refractivity contribution < 1.29 is 0 Å². The molecule has 6 N–H and O–H groups in total. The van der Waals surface area contributed by atoms with Crippen LogP contribution in [0.5, 0.6) is 0 Å². The largest absolute Gasteiger partial charge is 0.396 e. The van der Waals surface area contributed by atoms with E-state index in [1.165, 1.54) is 0 Å². The first-order valence-corrected chi connectivity index (χ1v) is 6.59. The van der Waals surface area contributed by atoms with Crippen LogP contribution in [0.4, 0.5) is 11.4 Å². The molecule has 0 aromatic carbocycles. The van der Waals surface area contributed by atoms with Gasteiger partial charge in [0.05, 0.1) is 23.1 Å². The molecular weight excluding hydrogens is 240 g/mol. The van der Waals surface area contributed by atoms with E-state index in [4.69, 9.17) is 11.6 Å². The van der Waals surface area contributed by atoms with E-state index in [1.807, 2.05) is 17.3 Å². The number of pyridine rings is 1. The summed E-state index contributed by atoms with van der Waals surface area (Å²) in [5, 5.41) is 6.17. The van der Waals surface area contributed by atoms with Crippen LogP contribution < -0.4 is 21.9 Å². The Bertz CT molecular complexity index is 584. The molecule has 1 saturated heterocycles. The van der Waals surface area contributed by atoms with Crippen molar-refractivity contribution in [2.75, 3.05) is 23.8 Å². The Morgan fingerprint density at radius 2 is 2.11 bits per heavy atom. The third kappa shape index (κ3) is 1.93. The number of nitrogen functional groups attached to an aromatic ring is 1. The molecule has 3 rings (SSSR count). The lowest BCUT2D eigenvalue weighted by Crippen LogP contribution is -2.56. The van der Waals surface area contributed by atoms with Crippen LogP contribution in [0.15, 0.2) is 18.5 Å². The number of anilines is 2. The highest BCUT2D eigenvalue weighted by Gasteiger charge is 2.33. The summed E-state index contributed by atoms with van der Waals surface area (Å²) < 4.78 is 0. The second-order valence-corrected chi connectivity index (χ2v) is 5.42. The van der Waals surface area contributed by atoms with Crippen LogP contribution in [-0.2, 0) is 0 Å². The summed E-state index contributed by atoms with van der Waals surface area (Å²) in [6, 6.07) is 1.97. The quantitative estimate of drug-likeness (QED) is 0.476. The van der Waals surface area contributed by atoms with E-state index >= 15 is 0 Å². The summed E-state index contributed by atoms with van der Waals surface area (Å²) >= 11 is 0. The van der Waals surface area contributed by atoms with E-state index in [9.17, 15) is 0 Å². The molecular formula is C13H20N6. The van der Waals surface area contributed by atoms with E-state index in [0.717, 1.165) is 42.7 Å². The molecule has 1 aliphatic heterocycles. The molecule has 0 radical (unpaired) electrons. The number of fused-ring (bicyclic) bond motifs is 1. The first-order chi connectivity index (χ1) is 9.12. The topological polar surface area (TPSA) is 96.0 Å². The van der Waals surface area contributed by atoms with Crippen LogP contribution >= 0.6 is 0 Å². The molecule has 1 fully saturated rings. The van der Waals surface area contributed by atoms with Crippen LogP contribution in [0.3, 0.4) is 0 Å². The van der Waals surface area contributed by atoms with Crippen LogP contribution in [0.1, 0.15) is 19.8 Å². The van der Waals surface area contributed by atoms with Crippen molar-refractivity contribution in [1.29, 1.82) is 0 Å². The van der Waals surface area contributed by atoms with Gasteiger partial charge in [-0.2, -0.15) is 0 Å². The maximum absolute atomic E-state index is 6.41. The molecule has 3 heterocycles. The molecule has 0 atom stereocenters. The van der Waals surface area contributed by atoms with Gasteiger partial charge in [0.15, 0.2) is 0 Å². The number of hydrazine groups is 1. The molecule has 6 nitrogen and oxygen atoms in total. The fourth-order valence-corrected chi connectivity index (χ4v) is 2.75. The third-order valence-electron chi connectivity index (χ3n) is 4.09. The summed E-state index contributed by atoms with van der Waals surface area (Å²) in [6.45, 7) is 4.14. The summed E-state index contributed by atoms with van der Waals surface area (Å²) in [6.07, 6.45) is 5.52. The first-order valence-electron chi connectivity index (χ1n) is 6.59. The number of nitrogens with one attached hydrogen (secondary N) is 2. The summed E-state index contributed by atoms with van der Waals surface area (Å²) in [7, 11) is 0. The number of rotatable bonds is 2. The SMILES string of the molecule is CC1(N(N)c2c(N)cnc3[nH]ccc23)CCNCC1. The average Bonchev–Trinajstić information content (AvgIpc) is 2.87. The molecule has 2 aromatic rings. The van der Waals surface area contributed by atoms with Crippen molar-refractivity contribution in [3.05, 3.63) is 18.5 Å². The number of aromatic nitrogens is 2. The minimum absolute atomic E-state index is 0.0784. The molecule has 6 heteroatoms. The Hall–Kier alpha value is -1.79. The van der Waals surface area contributed by atoms with Crippen molar-refractivity contribution in [3.8, 4) is 0 Å². The Kier molecular flexibility index (Phi) is 2.83. The van der Waals surface area contributed by atoms with Gasteiger partial charge < -0.3 is 21.0 Å². The van der Waals surface area contributed by atoms with Crippen molar-refractivity contribution in [3.63, 3.8) is 0 Å². The molecule has 0 aliphatic carbocycles. The average molecular weight is 260 g/mol. The zero-order chi connectivity index (χ0) is 13.5. The van der Waals surface area contributed by atoms with Crippen molar-refractivity contribution in [2.45, 2.75) is 25.3 Å². The molecule has 0 bridgehead atoms. The van der Waals surface area contributed by atoms with Gasteiger partial charge >= 0.3 is 0 Å². The van der Waals surface area contributed by atoms with Gasteiger partial charge in [-0.3, -0.25) is 0 Å². The normalized spacial score (nSPS) is 18.6. The zero-order valence-corrected chi connectivity index (χ0v) is 11.1. The molecule has 0 saturated carbocycles. The van der Waals surface area contributed by atoms with Gasteiger partial charge in [-0.15, -0.1) is 0 Å². The number of hydrogen-bond donors (Lipinski definition) is 4. The fraction of sp³-hybridized carbons (Fsp3) is 0.462. The monoisotopic (exact) mass is 260 g/mol. The number of nitrogens with zero attached hydrogens (tertiary/aromatic N) is 2. The molecule has 1 aliphatic rings. The molecule has 2 aromatic heterocycles.